The third kappa shape index (κ3) is 2.21. The predicted molar refractivity (Wildman–Crippen MR) is 65.0 cm³/mol. The molecule has 1 N–H and O–H groups in total. The minimum Gasteiger partial charge on any atom is -0.317 e. The van der Waals surface area contributed by atoms with Crippen molar-refractivity contribution in [2.45, 2.75) is 51.6 Å². The van der Waals surface area contributed by atoms with Crippen molar-refractivity contribution in [3.63, 3.8) is 0 Å². The summed E-state index contributed by atoms with van der Waals surface area (Å²) in [5.41, 5.74) is 0.451. The Hall–Kier alpha value is -0.0800. The number of nitrogens with zero attached hydrogens (tertiary/aromatic N) is 1. The van der Waals surface area contributed by atoms with Gasteiger partial charge in [0.1, 0.15) is 0 Å². The molecule has 0 aromatic carbocycles. The second-order valence-electron chi connectivity index (χ2n) is 6.04. The monoisotopic (exact) mass is 210 g/mol. The fraction of sp³-hybridized carbons (Fsp3) is 1.00. The minimum atomic E-state index is 0.451. The van der Waals surface area contributed by atoms with E-state index in [0.717, 1.165) is 17.9 Å². The third-order valence-corrected chi connectivity index (χ3v) is 4.67. The fourth-order valence-electron chi connectivity index (χ4n) is 3.15. The van der Waals surface area contributed by atoms with Crippen LogP contribution in [0.25, 0.3) is 0 Å². The highest BCUT2D eigenvalue weighted by Crippen LogP contribution is 2.43. The van der Waals surface area contributed by atoms with Gasteiger partial charge in [0.05, 0.1) is 0 Å². The first-order valence-electron chi connectivity index (χ1n) is 6.48. The van der Waals surface area contributed by atoms with Crippen LogP contribution in [0.1, 0.15) is 40.0 Å². The van der Waals surface area contributed by atoms with Crippen LogP contribution in [0.15, 0.2) is 0 Å². The van der Waals surface area contributed by atoms with Crippen molar-refractivity contribution in [1.82, 2.24) is 10.2 Å². The Bertz CT molecular complexity index is 221. The first kappa shape index (κ1) is 11.4. The van der Waals surface area contributed by atoms with E-state index in [-0.39, 0.29) is 0 Å². The van der Waals surface area contributed by atoms with Crippen molar-refractivity contribution < 1.29 is 0 Å². The normalized spacial score (nSPS) is 34.4. The zero-order valence-corrected chi connectivity index (χ0v) is 10.7. The van der Waals surface area contributed by atoms with Gasteiger partial charge in [0.15, 0.2) is 0 Å². The first-order chi connectivity index (χ1) is 7.05. The van der Waals surface area contributed by atoms with Gasteiger partial charge in [-0.3, -0.25) is 4.90 Å². The van der Waals surface area contributed by atoms with Gasteiger partial charge in [0.25, 0.3) is 0 Å². The standard InChI is InChI=1S/C13H26N2/c1-10-9-15(8-7-12(10)14-4)13(2,3)11-5-6-11/h10-12,14H,5-9H2,1-4H3. The highest BCUT2D eigenvalue weighted by molar-refractivity contribution is 4.98. The number of nitrogens with one attached hydrogen (secondary N) is 1. The Labute approximate surface area is 94.4 Å². The molecule has 2 unspecified atom stereocenters. The molecule has 2 nitrogen and oxygen atoms in total. The van der Waals surface area contributed by atoms with Crippen LogP contribution in [0.4, 0.5) is 0 Å². The molecule has 0 aromatic heterocycles. The van der Waals surface area contributed by atoms with Crippen LogP contribution in [0.5, 0.6) is 0 Å². The van der Waals surface area contributed by atoms with Crippen molar-refractivity contribution in [2.75, 3.05) is 20.1 Å². The summed E-state index contributed by atoms with van der Waals surface area (Å²) in [5.74, 6) is 1.76. The summed E-state index contributed by atoms with van der Waals surface area (Å²) in [6.07, 6.45) is 4.22. The lowest BCUT2D eigenvalue weighted by Gasteiger charge is -2.46. The third-order valence-electron chi connectivity index (χ3n) is 4.67. The maximum absolute atomic E-state index is 3.44. The second-order valence-corrected chi connectivity index (χ2v) is 6.04. The molecule has 1 heterocycles. The van der Waals surface area contributed by atoms with E-state index >= 15 is 0 Å². The molecule has 2 rings (SSSR count). The van der Waals surface area contributed by atoms with Crippen LogP contribution in [0, 0.1) is 11.8 Å². The van der Waals surface area contributed by atoms with Crippen LogP contribution in [0.3, 0.4) is 0 Å². The van der Waals surface area contributed by atoms with E-state index in [1.54, 1.807) is 0 Å². The van der Waals surface area contributed by atoms with Gasteiger partial charge in [-0.15, -0.1) is 0 Å². The Morgan fingerprint density at radius 3 is 2.33 bits per heavy atom. The highest BCUT2D eigenvalue weighted by Gasteiger charge is 2.43. The number of likely N-dealkylation sites (tertiary alicyclic amines) is 1. The van der Waals surface area contributed by atoms with Gasteiger partial charge in [-0.05, 0) is 52.0 Å². The first-order valence-corrected chi connectivity index (χ1v) is 6.48. The smallest absolute Gasteiger partial charge is 0.0181 e. The zero-order chi connectivity index (χ0) is 11.1. The Morgan fingerprint density at radius 2 is 1.87 bits per heavy atom. The van der Waals surface area contributed by atoms with Gasteiger partial charge in [-0.1, -0.05) is 6.92 Å². The van der Waals surface area contributed by atoms with E-state index in [0.29, 0.717) is 5.54 Å². The molecule has 0 spiro atoms. The summed E-state index contributed by atoms with van der Waals surface area (Å²) >= 11 is 0. The van der Waals surface area contributed by atoms with Crippen molar-refractivity contribution in [2.24, 2.45) is 11.8 Å². The Balaban J connectivity index is 1.95. The minimum absolute atomic E-state index is 0.451. The van der Waals surface area contributed by atoms with Gasteiger partial charge >= 0.3 is 0 Å². The fourth-order valence-corrected chi connectivity index (χ4v) is 3.15. The molecule has 0 radical (unpaired) electrons. The molecule has 2 aliphatic rings. The molecule has 1 aliphatic carbocycles. The van der Waals surface area contributed by atoms with Crippen molar-refractivity contribution in [1.29, 1.82) is 0 Å². The lowest BCUT2D eigenvalue weighted by atomic mass is 9.87. The summed E-state index contributed by atoms with van der Waals surface area (Å²) in [5, 5.41) is 3.44. The van der Waals surface area contributed by atoms with Crippen LogP contribution in [-0.2, 0) is 0 Å². The van der Waals surface area contributed by atoms with Crippen molar-refractivity contribution in [3.05, 3.63) is 0 Å². The molecule has 88 valence electrons. The molecule has 2 fully saturated rings. The van der Waals surface area contributed by atoms with Crippen LogP contribution >= 0.6 is 0 Å². The molecule has 1 saturated heterocycles. The summed E-state index contributed by atoms with van der Waals surface area (Å²) < 4.78 is 0. The lowest BCUT2D eigenvalue weighted by molar-refractivity contribution is 0.0419. The van der Waals surface area contributed by atoms with E-state index in [2.05, 4.69) is 38.0 Å². The average molecular weight is 210 g/mol. The molecular formula is C13H26N2. The maximum atomic E-state index is 3.44. The molecule has 2 atom stereocenters. The summed E-state index contributed by atoms with van der Waals surface area (Å²) in [7, 11) is 2.10. The van der Waals surface area contributed by atoms with E-state index in [4.69, 9.17) is 0 Å². The number of hydrogen-bond donors (Lipinski definition) is 1. The molecular weight excluding hydrogens is 184 g/mol. The number of rotatable bonds is 3. The second kappa shape index (κ2) is 4.06. The summed E-state index contributed by atoms with van der Waals surface area (Å²) in [6.45, 7) is 9.82. The summed E-state index contributed by atoms with van der Waals surface area (Å²) in [4.78, 5) is 2.73. The van der Waals surface area contributed by atoms with Crippen molar-refractivity contribution >= 4 is 0 Å². The summed E-state index contributed by atoms with van der Waals surface area (Å²) in [6, 6.07) is 0.733. The van der Waals surface area contributed by atoms with Gasteiger partial charge < -0.3 is 5.32 Å². The largest absolute Gasteiger partial charge is 0.317 e. The molecule has 1 aliphatic heterocycles. The van der Waals surface area contributed by atoms with Crippen LogP contribution in [0.2, 0.25) is 0 Å². The lowest BCUT2D eigenvalue weighted by Crippen LogP contribution is -2.55. The average Bonchev–Trinajstić information content (AvgIpc) is 3.00. The molecule has 15 heavy (non-hydrogen) atoms. The van der Waals surface area contributed by atoms with Crippen LogP contribution in [-0.4, -0.2) is 36.6 Å². The zero-order valence-electron chi connectivity index (χ0n) is 10.7. The van der Waals surface area contributed by atoms with E-state index in [9.17, 15) is 0 Å². The molecule has 1 saturated carbocycles. The van der Waals surface area contributed by atoms with E-state index in [1.165, 1.54) is 32.4 Å². The molecule has 2 heteroatoms. The maximum Gasteiger partial charge on any atom is 0.0181 e. The van der Waals surface area contributed by atoms with Gasteiger partial charge in [0, 0.05) is 24.7 Å². The topological polar surface area (TPSA) is 15.3 Å². The molecule has 0 bridgehead atoms. The Morgan fingerprint density at radius 1 is 1.20 bits per heavy atom. The molecule has 0 amide bonds. The SMILES string of the molecule is CNC1CCN(C(C)(C)C2CC2)CC1C. The number of hydrogen-bond acceptors (Lipinski definition) is 2. The van der Waals surface area contributed by atoms with Gasteiger partial charge in [-0.25, -0.2) is 0 Å². The van der Waals surface area contributed by atoms with E-state index in [1.807, 2.05) is 0 Å². The quantitative estimate of drug-likeness (QED) is 0.767. The molecule has 0 aromatic rings. The van der Waals surface area contributed by atoms with Crippen LogP contribution < -0.4 is 5.32 Å². The van der Waals surface area contributed by atoms with E-state index < -0.39 is 0 Å². The highest BCUT2D eigenvalue weighted by atomic mass is 15.2. The van der Waals surface area contributed by atoms with Gasteiger partial charge in [0.2, 0.25) is 0 Å². The Kier molecular flexibility index (Phi) is 3.09. The predicted octanol–water partition coefficient (Wildman–Crippen LogP) is 2.10. The van der Waals surface area contributed by atoms with Gasteiger partial charge in [-0.2, -0.15) is 0 Å². The number of piperidine rings is 1. The van der Waals surface area contributed by atoms with Crippen molar-refractivity contribution in [3.8, 4) is 0 Å².